The maximum absolute atomic E-state index is 4.73. The number of hydrogen-bond donors (Lipinski definition) is 1. The van der Waals surface area contributed by atoms with E-state index in [9.17, 15) is 0 Å². The van der Waals surface area contributed by atoms with E-state index in [4.69, 9.17) is 10.2 Å². The lowest BCUT2D eigenvalue weighted by molar-refractivity contribution is 0.514. The lowest BCUT2D eigenvalue weighted by Gasteiger charge is -2.15. The van der Waals surface area contributed by atoms with Crippen LogP contribution in [0.25, 0.3) is 16.5 Å². The summed E-state index contributed by atoms with van der Waals surface area (Å²) in [5, 5.41) is 15.6. The molecule has 2 aromatic heterocycles. The van der Waals surface area contributed by atoms with Crippen LogP contribution in [0.15, 0.2) is 48.7 Å². The predicted molar refractivity (Wildman–Crippen MR) is 123 cm³/mol. The Labute approximate surface area is 178 Å². The van der Waals surface area contributed by atoms with Gasteiger partial charge < -0.3 is 5.32 Å². The number of rotatable bonds is 6. The minimum atomic E-state index is 0.190. The van der Waals surface area contributed by atoms with E-state index >= 15 is 0 Å². The minimum absolute atomic E-state index is 0.190. The summed E-state index contributed by atoms with van der Waals surface area (Å²) in [5.41, 5.74) is 7.13. The van der Waals surface area contributed by atoms with E-state index in [1.54, 1.807) is 0 Å². The predicted octanol–water partition coefficient (Wildman–Crippen LogP) is 5.58. The van der Waals surface area contributed by atoms with Gasteiger partial charge in [0.15, 0.2) is 0 Å². The van der Waals surface area contributed by atoms with Gasteiger partial charge in [-0.15, -0.1) is 0 Å². The second kappa shape index (κ2) is 8.07. The molecule has 0 bridgehead atoms. The normalized spacial score (nSPS) is 12.8. The average Bonchev–Trinajstić information content (AvgIpc) is 3.25. The van der Waals surface area contributed by atoms with Gasteiger partial charge >= 0.3 is 0 Å². The third-order valence-corrected chi connectivity index (χ3v) is 6.06. The number of benzene rings is 2. The van der Waals surface area contributed by atoms with Crippen molar-refractivity contribution in [1.82, 2.24) is 24.9 Å². The van der Waals surface area contributed by atoms with Gasteiger partial charge in [0.1, 0.15) is 0 Å². The smallest absolute Gasteiger partial charge is 0.0727 e. The highest BCUT2D eigenvalue weighted by Gasteiger charge is 2.18. The van der Waals surface area contributed by atoms with Gasteiger partial charge in [-0.1, -0.05) is 36.4 Å². The number of hydrogen-bond acceptors (Lipinski definition) is 3. The highest BCUT2D eigenvalue weighted by Crippen LogP contribution is 2.26. The van der Waals surface area contributed by atoms with Gasteiger partial charge in [0.05, 0.1) is 17.6 Å². The standard InChI is InChI=1S/C25H31N5/c1-16(2)29-19(5)23(18(4)28-29)14-26-17(3)24-15-27-30(20(24)6)25-13-9-11-21-10-7-8-12-22(21)25/h7-13,15-17,26H,14H2,1-6H3/t17-/m1/s1. The average molecular weight is 402 g/mol. The lowest BCUT2D eigenvalue weighted by atomic mass is 10.1. The third kappa shape index (κ3) is 3.54. The summed E-state index contributed by atoms with van der Waals surface area (Å²) in [7, 11) is 0. The lowest BCUT2D eigenvalue weighted by Crippen LogP contribution is -2.19. The van der Waals surface area contributed by atoms with Gasteiger partial charge in [-0.05, 0) is 53.0 Å². The molecule has 0 aliphatic carbocycles. The highest BCUT2D eigenvalue weighted by molar-refractivity contribution is 5.90. The van der Waals surface area contributed by atoms with Crippen molar-refractivity contribution in [3.8, 4) is 5.69 Å². The van der Waals surface area contributed by atoms with E-state index in [0.29, 0.717) is 6.04 Å². The summed E-state index contributed by atoms with van der Waals surface area (Å²) < 4.78 is 4.17. The first-order valence-electron chi connectivity index (χ1n) is 10.7. The van der Waals surface area contributed by atoms with Crippen molar-refractivity contribution < 1.29 is 0 Å². The minimum Gasteiger partial charge on any atom is -0.306 e. The quantitative estimate of drug-likeness (QED) is 0.459. The largest absolute Gasteiger partial charge is 0.306 e. The van der Waals surface area contributed by atoms with Crippen LogP contribution in [0.1, 0.15) is 61.1 Å². The molecule has 5 heteroatoms. The van der Waals surface area contributed by atoms with Crippen molar-refractivity contribution in [3.05, 3.63) is 76.9 Å². The fourth-order valence-electron chi connectivity index (χ4n) is 4.30. The zero-order chi connectivity index (χ0) is 21.4. The van der Waals surface area contributed by atoms with Crippen molar-refractivity contribution in [2.24, 2.45) is 0 Å². The molecule has 4 rings (SSSR count). The van der Waals surface area contributed by atoms with E-state index in [-0.39, 0.29) is 6.04 Å². The van der Waals surface area contributed by atoms with Crippen LogP contribution in [0.5, 0.6) is 0 Å². The van der Waals surface area contributed by atoms with Gasteiger partial charge in [0.2, 0.25) is 0 Å². The van der Waals surface area contributed by atoms with Crippen molar-refractivity contribution in [2.75, 3.05) is 0 Å². The molecule has 0 saturated carbocycles. The Morgan fingerprint density at radius 3 is 2.40 bits per heavy atom. The van der Waals surface area contributed by atoms with Crippen molar-refractivity contribution in [3.63, 3.8) is 0 Å². The van der Waals surface area contributed by atoms with Crippen molar-refractivity contribution in [1.29, 1.82) is 0 Å². The molecule has 2 heterocycles. The zero-order valence-electron chi connectivity index (χ0n) is 18.8. The molecule has 0 spiro atoms. The van der Waals surface area contributed by atoms with Gasteiger partial charge in [-0.3, -0.25) is 4.68 Å². The molecule has 4 aromatic rings. The van der Waals surface area contributed by atoms with Gasteiger partial charge in [0, 0.05) is 46.5 Å². The van der Waals surface area contributed by atoms with Crippen LogP contribution in [0.3, 0.4) is 0 Å². The van der Waals surface area contributed by atoms with E-state index < -0.39 is 0 Å². The number of aromatic nitrogens is 4. The molecule has 0 unspecified atom stereocenters. The Morgan fingerprint density at radius 1 is 0.933 bits per heavy atom. The first-order chi connectivity index (χ1) is 14.4. The third-order valence-electron chi connectivity index (χ3n) is 6.06. The first kappa shape index (κ1) is 20.4. The molecule has 1 atom stereocenters. The summed E-state index contributed by atoms with van der Waals surface area (Å²) in [6.45, 7) is 13.7. The number of fused-ring (bicyclic) bond motifs is 1. The monoisotopic (exact) mass is 401 g/mol. The Morgan fingerprint density at radius 2 is 1.67 bits per heavy atom. The Balaban J connectivity index is 1.58. The topological polar surface area (TPSA) is 47.7 Å². The maximum Gasteiger partial charge on any atom is 0.0727 e. The zero-order valence-corrected chi connectivity index (χ0v) is 18.8. The van der Waals surface area contributed by atoms with Crippen LogP contribution in [0.2, 0.25) is 0 Å². The van der Waals surface area contributed by atoms with Gasteiger partial charge in [0.25, 0.3) is 0 Å². The van der Waals surface area contributed by atoms with Crippen molar-refractivity contribution in [2.45, 2.75) is 60.2 Å². The summed E-state index contributed by atoms with van der Waals surface area (Å²) in [5.74, 6) is 0. The van der Waals surface area contributed by atoms with Gasteiger partial charge in [-0.25, -0.2) is 4.68 Å². The van der Waals surface area contributed by atoms with Crippen LogP contribution in [-0.4, -0.2) is 19.6 Å². The number of nitrogens with one attached hydrogen (secondary N) is 1. The van der Waals surface area contributed by atoms with E-state index in [0.717, 1.165) is 23.6 Å². The Kier molecular flexibility index (Phi) is 5.48. The summed E-state index contributed by atoms with van der Waals surface area (Å²) >= 11 is 0. The molecule has 5 nitrogen and oxygen atoms in total. The molecule has 30 heavy (non-hydrogen) atoms. The van der Waals surface area contributed by atoms with Crippen LogP contribution >= 0.6 is 0 Å². The van der Waals surface area contributed by atoms with E-state index in [1.165, 1.54) is 27.6 Å². The van der Waals surface area contributed by atoms with Crippen LogP contribution in [0, 0.1) is 20.8 Å². The second-order valence-corrected chi connectivity index (χ2v) is 8.39. The Bertz CT molecular complexity index is 1180. The van der Waals surface area contributed by atoms with Crippen LogP contribution in [0.4, 0.5) is 0 Å². The molecule has 0 radical (unpaired) electrons. The molecule has 1 N–H and O–H groups in total. The maximum atomic E-state index is 4.73. The molecular formula is C25H31N5. The van der Waals surface area contributed by atoms with Crippen molar-refractivity contribution >= 4 is 10.8 Å². The molecule has 2 aromatic carbocycles. The summed E-state index contributed by atoms with van der Waals surface area (Å²) in [4.78, 5) is 0. The molecule has 0 fully saturated rings. The summed E-state index contributed by atoms with van der Waals surface area (Å²) in [6.07, 6.45) is 1.99. The van der Waals surface area contributed by atoms with Gasteiger partial charge in [-0.2, -0.15) is 10.2 Å². The van der Waals surface area contributed by atoms with E-state index in [2.05, 4.69) is 98.7 Å². The number of nitrogens with zero attached hydrogens (tertiary/aromatic N) is 4. The molecule has 0 amide bonds. The number of aryl methyl sites for hydroxylation is 1. The molecule has 0 aliphatic heterocycles. The molecule has 0 saturated heterocycles. The van der Waals surface area contributed by atoms with Crippen LogP contribution in [-0.2, 0) is 6.54 Å². The fourth-order valence-corrected chi connectivity index (χ4v) is 4.30. The first-order valence-corrected chi connectivity index (χ1v) is 10.7. The fraction of sp³-hybridized carbons (Fsp3) is 0.360. The van der Waals surface area contributed by atoms with E-state index in [1.807, 2.05) is 6.20 Å². The second-order valence-electron chi connectivity index (χ2n) is 8.39. The SMILES string of the molecule is Cc1nn(C(C)C)c(C)c1CN[C@H](C)c1cnn(-c2cccc3ccccc23)c1C. The molecule has 0 aliphatic rings. The summed E-state index contributed by atoms with van der Waals surface area (Å²) in [6, 6.07) is 15.4. The van der Waals surface area contributed by atoms with Crippen LogP contribution < -0.4 is 5.32 Å². The Hall–Kier alpha value is -2.92. The molecule has 156 valence electrons. The highest BCUT2D eigenvalue weighted by atomic mass is 15.3. The molecular weight excluding hydrogens is 370 g/mol.